The number of carbonyl (C=O) groups excluding carboxylic acids is 2. The van der Waals surface area contributed by atoms with Gasteiger partial charge in [-0.25, -0.2) is 0 Å². The van der Waals surface area contributed by atoms with Gasteiger partial charge < -0.3 is 24.4 Å². The molecular weight excluding hydrogens is 500 g/mol. The van der Waals surface area contributed by atoms with Gasteiger partial charge in [0.2, 0.25) is 17.6 Å². The Kier molecular flexibility index (Phi) is 9.35. The first-order valence-electron chi connectivity index (χ1n) is 13.1. The molecule has 0 bridgehead atoms. The molecule has 1 N–H and O–H groups in total. The Bertz CT molecular complexity index is 1260. The van der Waals surface area contributed by atoms with Crippen molar-refractivity contribution in [3.05, 3.63) is 48.0 Å². The highest BCUT2D eigenvalue weighted by Gasteiger charge is 2.29. The third-order valence-corrected chi connectivity index (χ3v) is 7.00. The number of amides is 2. The van der Waals surface area contributed by atoms with Crippen LogP contribution < -0.4 is 19.5 Å². The number of aromatic nitrogens is 4. The Morgan fingerprint density at radius 3 is 2.38 bits per heavy atom. The van der Waals surface area contributed by atoms with Gasteiger partial charge in [-0.2, -0.15) is 4.80 Å². The monoisotopic (exact) mass is 536 g/mol. The quantitative estimate of drug-likeness (QED) is 0.397. The van der Waals surface area contributed by atoms with Crippen molar-refractivity contribution in [2.24, 2.45) is 0 Å². The summed E-state index contributed by atoms with van der Waals surface area (Å²) in [6.07, 6.45) is 5.34. The van der Waals surface area contributed by atoms with Crippen LogP contribution >= 0.6 is 0 Å². The van der Waals surface area contributed by atoms with Crippen LogP contribution in [-0.4, -0.2) is 70.3 Å². The average Bonchev–Trinajstić information content (AvgIpc) is 3.44. The van der Waals surface area contributed by atoms with Gasteiger partial charge in [0.15, 0.2) is 11.5 Å². The van der Waals surface area contributed by atoms with E-state index in [-0.39, 0.29) is 30.9 Å². The van der Waals surface area contributed by atoms with Crippen LogP contribution in [0.3, 0.4) is 0 Å². The molecule has 208 valence electrons. The van der Waals surface area contributed by atoms with Gasteiger partial charge in [0.25, 0.3) is 0 Å². The number of benzene rings is 2. The van der Waals surface area contributed by atoms with E-state index in [0.29, 0.717) is 28.6 Å². The molecule has 2 aromatic carbocycles. The molecule has 0 radical (unpaired) electrons. The van der Waals surface area contributed by atoms with Crippen LogP contribution in [-0.2, 0) is 22.7 Å². The molecule has 1 unspecified atom stereocenters. The van der Waals surface area contributed by atoms with Crippen LogP contribution in [0.1, 0.15) is 44.6 Å². The molecule has 4 rings (SSSR count). The van der Waals surface area contributed by atoms with Gasteiger partial charge in [-0.3, -0.25) is 9.59 Å². The zero-order chi connectivity index (χ0) is 27.8. The van der Waals surface area contributed by atoms with E-state index in [1.54, 1.807) is 51.4 Å². The van der Waals surface area contributed by atoms with E-state index in [4.69, 9.17) is 14.2 Å². The molecule has 1 aliphatic carbocycles. The minimum atomic E-state index is -0.685. The van der Waals surface area contributed by atoms with Crippen molar-refractivity contribution in [2.45, 2.75) is 64.2 Å². The molecule has 0 aliphatic heterocycles. The Balaban J connectivity index is 1.51. The minimum Gasteiger partial charge on any atom is -0.497 e. The van der Waals surface area contributed by atoms with Gasteiger partial charge >= 0.3 is 0 Å². The Labute approximate surface area is 228 Å². The number of ether oxygens (including phenoxy) is 3. The lowest BCUT2D eigenvalue weighted by molar-refractivity contribution is -0.141. The molecular formula is C28H36N6O5. The molecule has 11 heteroatoms. The Hall–Kier alpha value is -4.15. The van der Waals surface area contributed by atoms with Gasteiger partial charge in [0.1, 0.15) is 18.3 Å². The maximum Gasteiger partial charge on any atom is 0.247 e. The fourth-order valence-corrected chi connectivity index (χ4v) is 4.69. The topological polar surface area (TPSA) is 121 Å². The summed E-state index contributed by atoms with van der Waals surface area (Å²) in [7, 11) is 4.71. The molecule has 0 saturated heterocycles. The number of nitrogens with zero attached hydrogens (tertiary/aromatic N) is 5. The highest BCUT2D eigenvalue weighted by molar-refractivity contribution is 5.87. The molecule has 3 aromatic rings. The summed E-state index contributed by atoms with van der Waals surface area (Å²) in [5, 5.41) is 15.7. The molecule has 1 aliphatic rings. The van der Waals surface area contributed by atoms with E-state index in [1.807, 2.05) is 24.3 Å². The van der Waals surface area contributed by atoms with E-state index in [9.17, 15) is 9.59 Å². The standard InChI is InChI=1S/C28H36N6O5/c1-19(28(36)29-22-8-6-5-7-9-22)33(17-20-10-13-23(37-2)14-11-20)26(35)18-34-31-27(30-32-34)21-12-15-24(38-3)25(16-21)39-4/h10-16,19,22H,5-9,17-18H2,1-4H3,(H,29,36). The number of nitrogens with one attached hydrogen (secondary N) is 1. The highest BCUT2D eigenvalue weighted by atomic mass is 16.5. The van der Waals surface area contributed by atoms with Crippen molar-refractivity contribution in [1.29, 1.82) is 0 Å². The Morgan fingerprint density at radius 2 is 1.72 bits per heavy atom. The zero-order valence-corrected chi connectivity index (χ0v) is 22.9. The molecule has 1 aromatic heterocycles. The molecule has 1 saturated carbocycles. The summed E-state index contributed by atoms with van der Waals surface area (Å²) in [5.74, 6) is 1.71. The van der Waals surface area contributed by atoms with E-state index >= 15 is 0 Å². The van der Waals surface area contributed by atoms with E-state index in [1.165, 1.54) is 11.2 Å². The van der Waals surface area contributed by atoms with Crippen molar-refractivity contribution >= 4 is 11.8 Å². The van der Waals surface area contributed by atoms with Gasteiger partial charge in [-0.15, -0.1) is 10.2 Å². The predicted octanol–water partition coefficient (Wildman–Crippen LogP) is 3.23. The van der Waals surface area contributed by atoms with Crippen LogP contribution in [0.25, 0.3) is 11.4 Å². The number of hydrogen-bond donors (Lipinski definition) is 1. The maximum absolute atomic E-state index is 13.6. The first kappa shape index (κ1) is 27.9. The lowest BCUT2D eigenvalue weighted by Gasteiger charge is -2.31. The lowest BCUT2D eigenvalue weighted by atomic mass is 9.95. The molecule has 39 heavy (non-hydrogen) atoms. The van der Waals surface area contributed by atoms with Crippen molar-refractivity contribution in [3.8, 4) is 28.6 Å². The summed E-state index contributed by atoms with van der Waals surface area (Å²) >= 11 is 0. The van der Waals surface area contributed by atoms with Crippen LogP contribution in [0, 0.1) is 0 Å². The summed E-state index contributed by atoms with van der Waals surface area (Å²) < 4.78 is 15.9. The smallest absolute Gasteiger partial charge is 0.247 e. The van der Waals surface area contributed by atoms with Gasteiger partial charge in [-0.1, -0.05) is 31.4 Å². The van der Waals surface area contributed by atoms with E-state index in [0.717, 1.165) is 31.2 Å². The largest absolute Gasteiger partial charge is 0.497 e. The van der Waals surface area contributed by atoms with E-state index < -0.39 is 6.04 Å². The van der Waals surface area contributed by atoms with Gasteiger partial charge in [0, 0.05) is 18.2 Å². The molecule has 1 atom stereocenters. The number of hydrogen-bond acceptors (Lipinski definition) is 8. The van der Waals surface area contributed by atoms with Crippen molar-refractivity contribution in [1.82, 2.24) is 30.4 Å². The normalized spacial score (nSPS) is 14.4. The van der Waals surface area contributed by atoms with Crippen LogP contribution in [0.4, 0.5) is 0 Å². The summed E-state index contributed by atoms with van der Waals surface area (Å²) in [6, 6.07) is 12.2. The van der Waals surface area contributed by atoms with Crippen LogP contribution in [0.15, 0.2) is 42.5 Å². The second-order valence-electron chi connectivity index (χ2n) is 9.60. The average molecular weight is 537 g/mol. The molecule has 0 spiro atoms. The second kappa shape index (κ2) is 13.1. The Morgan fingerprint density at radius 1 is 1.00 bits per heavy atom. The van der Waals surface area contributed by atoms with Crippen molar-refractivity contribution < 1.29 is 23.8 Å². The fourth-order valence-electron chi connectivity index (χ4n) is 4.69. The third kappa shape index (κ3) is 7.04. The summed E-state index contributed by atoms with van der Waals surface area (Å²) in [5.41, 5.74) is 1.54. The fraction of sp³-hybridized carbons (Fsp3) is 0.464. The number of tetrazole rings is 1. The maximum atomic E-state index is 13.6. The van der Waals surface area contributed by atoms with Crippen molar-refractivity contribution in [3.63, 3.8) is 0 Å². The summed E-state index contributed by atoms with van der Waals surface area (Å²) in [6.45, 7) is 1.83. The number of carbonyl (C=O) groups is 2. The first-order chi connectivity index (χ1) is 18.9. The van der Waals surface area contributed by atoms with Crippen LogP contribution in [0.5, 0.6) is 17.2 Å². The molecule has 11 nitrogen and oxygen atoms in total. The van der Waals surface area contributed by atoms with Gasteiger partial charge in [0.05, 0.1) is 21.3 Å². The summed E-state index contributed by atoms with van der Waals surface area (Å²) in [4.78, 5) is 29.6. The number of methoxy groups -OCH3 is 3. The zero-order valence-electron chi connectivity index (χ0n) is 22.9. The van der Waals surface area contributed by atoms with Crippen LogP contribution in [0.2, 0.25) is 0 Å². The first-order valence-corrected chi connectivity index (χ1v) is 13.1. The predicted molar refractivity (Wildman–Crippen MR) is 144 cm³/mol. The van der Waals surface area contributed by atoms with E-state index in [2.05, 4.69) is 20.7 Å². The molecule has 1 heterocycles. The molecule has 1 fully saturated rings. The SMILES string of the molecule is COc1ccc(CN(C(=O)Cn2nnc(-c3ccc(OC)c(OC)c3)n2)C(C)C(=O)NC2CCCCC2)cc1. The third-order valence-electron chi connectivity index (χ3n) is 7.00. The van der Waals surface area contributed by atoms with Gasteiger partial charge in [-0.05, 0) is 60.9 Å². The second-order valence-corrected chi connectivity index (χ2v) is 9.60. The highest BCUT2D eigenvalue weighted by Crippen LogP contribution is 2.30. The van der Waals surface area contributed by atoms with Crippen molar-refractivity contribution in [2.75, 3.05) is 21.3 Å². The molecule has 2 amide bonds. The lowest BCUT2D eigenvalue weighted by Crippen LogP contribution is -2.51. The number of rotatable bonds is 11. The minimum absolute atomic E-state index is 0.146.